The van der Waals surface area contributed by atoms with E-state index in [1.807, 2.05) is 0 Å². The third kappa shape index (κ3) is 6.31. The SMILES string of the molecule is O=CN(O)C[C@@H](CC1CCCC1)C(=O)N1CCC[C@H]1C(=O)NC(=O)c1ccc(C(F)(F)F)nc1. The summed E-state index contributed by atoms with van der Waals surface area (Å²) in [6.45, 7) is 0.0838. The average Bonchev–Trinajstić information content (AvgIpc) is 3.49. The molecule has 0 bridgehead atoms. The van der Waals surface area contributed by atoms with E-state index in [1.165, 1.54) is 4.90 Å². The second-order valence-electron chi connectivity index (χ2n) is 8.75. The molecule has 12 heteroatoms. The molecule has 2 heterocycles. The van der Waals surface area contributed by atoms with Crippen LogP contribution in [0.4, 0.5) is 13.2 Å². The summed E-state index contributed by atoms with van der Waals surface area (Å²) in [6, 6.07) is 0.628. The Bertz CT molecular complexity index is 903. The summed E-state index contributed by atoms with van der Waals surface area (Å²) >= 11 is 0. The number of aromatic nitrogens is 1. The zero-order valence-corrected chi connectivity index (χ0v) is 18.5. The lowest BCUT2D eigenvalue weighted by Crippen LogP contribution is -2.50. The molecule has 3 rings (SSSR count). The van der Waals surface area contributed by atoms with E-state index in [0.29, 0.717) is 30.4 Å². The van der Waals surface area contributed by atoms with Crippen LogP contribution in [0.15, 0.2) is 18.3 Å². The zero-order valence-electron chi connectivity index (χ0n) is 18.5. The van der Waals surface area contributed by atoms with Gasteiger partial charge < -0.3 is 4.90 Å². The van der Waals surface area contributed by atoms with Gasteiger partial charge in [-0.3, -0.25) is 34.7 Å². The highest BCUT2D eigenvalue weighted by Crippen LogP contribution is 2.32. The van der Waals surface area contributed by atoms with Crippen molar-refractivity contribution < 1.29 is 37.6 Å². The fourth-order valence-electron chi connectivity index (χ4n) is 4.67. The average molecular weight is 484 g/mol. The minimum atomic E-state index is -4.65. The second-order valence-corrected chi connectivity index (χ2v) is 8.75. The highest BCUT2D eigenvalue weighted by molar-refractivity contribution is 6.06. The lowest BCUT2D eigenvalue weighted by atomic mass is 9.91. The summed E-state index contributed by atoms with van der Waals surface area (Å²) in [5.41, 5.74) is -1.39. The molecule has 1 aromatic rings. The Morgan fingerprint density at radius 2 is 1.91 bits per heavy atom. The van der Waals surface area contributed by atoms with E-state index < -0.39 is 35.6 Å². The fourth-order valence-corrected chi connectivity index (χ4v) is 4.67. The number of imide groups is 1. The zero-order chi connectivity index (χ0) is 24.9. The van der Waals surface area contributed by atoms with Crippen molar-refractivity contribution in [3.8, 4) is 0 Å². The molecule has 0 radical (unpaired) electrons. The Hall–Kier alpha value is -3.02. The number of alkyl halides is 3. The van der Waals surface area contributed by atoms with Gasteiger partial charge in [-0.05, 0) is 37.3 Å². The van der Waals surface area contributed by atoms with Gasteiger partial charge in [-0.1, -0.05) is 25.7 Å². The summed E-state index contributed by atoms with van der Waals surface area (Å²) in [4.78, 5) is 53.9. The summed E-state index contributed by atoms with van der Waals surface area (Å²) < 4.78 is 38.0. The fraction of sp³-hybridized carbons (Fsp3) is 0.591. The van der Waals surface area contributed by atoms with E-state index in [4.69, 9.17) is 0 Å². The van der Waals surface area contributed by atoms with Crippen molar-refractivity contribution in [1.29, 1.82) is 0 Å². The quantitative estimate of drug-likeness (QED) is 0.253. The van der Waals surface area contributed by atoms with E-state index in [1.54, 1.807) is 0 Å². The van der Waals surface area contributed by atoms with Crippen molar-refractivity contribution in [3.63, 3.8) is 0 Å². The van der Waals surface area contributed by atoms with E-state index in [-0.39, 0.29) is 36.9 Å². The topological polar surface area (TPSA) is 120 Å². The van der Waals surface area contributed by atoms with E-state index >= 15 is 0 Å². The predicted molar refractivity (Wildman–Crippen MR) is 111 cm³/mol. The van der Waals surface area contributed by atoms with Crippen molar-refractivity contribution >= 4 is 24.1 Å². The van der Waals surface area contributed by atoms with Gasteiger partial charge in [0.2, 0.25) is 18.2 Å². The number of pyridine rings is 1. The Morgan fingerprint density at radius 3 is 2.50 bits per heavy atom. The van der Waals surface area contributed by atoms with Crippen LogP contribution in [-0.4, -0.2) is 63.4 Å². The smallest absolute Gasteiger partial charge is 0.330 e. The highest BCUT2D eigenvalue weighted by Gasteiger charge is 2.39. The molecule has 2 fully saturated rings. The maximum absolute atomic E-state index is 13.3. The second kappa shape index (κ2) is 10.9. The molecule has 2 atom stereocenters. The first-order valence-corrected chi connectivity index (χ1v) is 11.2. The van der Waals surface area contributed by atoms with Gasteiger partial charge in [0.05, 0.1) is 18.0 Å². The molecule has 1 saturated heterocycles. The third-order valence-electron chi connectivity index (χ3n) is 6.36. The maximum atomic E-state index is 13.3. The molecular weight excluding hydrogens is 457 g/mol. The number of amides is 4. The van der Waals surface area contributed by atoms with Crippen LogP contribution in [0.5, 0.6) is 0 Å². The molecular formula is C22H27F3N4O5. The van der Waals surface area contributed by atoms with Crippen LogP contribution in [0, 0.1) is 11.8 Å². The largest absolute Gasteiger partial charge is 0.433 e. The highest BCUT2D eigenvalue weighted by atomic mass is 19.4. The molecule has 186 valence electrons. The van der Waals surface area contributed by atoms with Gasteiger partial charge in [-0.15, -0.1) is 0 Å². The molecule has 1 aromatic heterocycles. The van der Waals surface area contributed by atoms with Gasteiger partial charge in [0, 0.05) is 12.7 Å². The lowest BCUT2D eigenvalue weighted by Gasteiger charge is -2.30. The van der Waals surface area contributed by atoms with E-state index in [2.05, 4.69) is 10.3 Å². The van der Waals surface area contributed by atoms with Crippen LogP contribution in [-0.2, 0) is 20.6 Å². The van der Waals surface area contributed by atoms with Crippen molar-refractivity contribution in [1.82, 2.24) is 20.3 Å². The van der Waals surface area contributed by atoms with Crippen LogP contribution < -0.4 is 5.32 Å². The summed E-state index contributed by atoms with van der Waals surface area (Å²) in [5.74, 6) is -2.45. The third-order valence-corrected chi connectivity index (χ3v) is 6.36. The molecule has 2 N–H and O–H groups in total. The Kier molecular flexibility index (Phi) is 8.24. The Labute approximate surface area is 194 Å². The maximum Gasteiger partial charge on any atom is 0.433 e. The first-order valence-electron chi connectivity index (χ1n) is 11.2. The van der Waals surface area contributed by atoms with Gasteiger partial charge in [0.15, 0.2) is 0 Å². The number of rotatable bonds is 8. The normalized spacial score (nSPS) is 19.6. The number of hydrogen-bond donors (Lipinski definition) is 2. The first kappa shape index (κ1) is 25.6. The number of nitrogens with one attached hydrogen (secondary N) is 1. The Morgan fingerprint density at radius 1 is 1.21 bits per heavy atom. The molecule has 1 aliphatic heterocycles. The number of hydroxylamine groups is 2. The minimum absolute atomic E-state index is 0.195. The number of hydrogen-bond acceptors (Lipinski definition) is 6. The summed E-state index contributed by atoms with van der Waals surface area (Å²) in [6.07, 6.45) is 1.62. The number of nitrogens with zero attached hydrogens (tertiary/aromatic N) is 3. The van der Waals surface area contributed by atoms with Crippen LogP contribution in [0.25, 0.3) is 0 Å². The number of carbonyl (C=O) groups excluding carboxylic acids is 4. The monoisotopic (exact) mass is 484 g/mol. The standard InChI is InChI=1S/C22H27F3N4O5/c23-22(24,25)18-8-7-15(11-26-18)19(31)27-20(32)17-6-3-9-29(17)21(33)16(12-28(34)13-30)10-14-4-1-2-5-14/h7-8,11,13-14,16-17,34H,1-6,9-10,12H2,(H,27,31,32)/t16-,17+/m1/s1. The molecule has 0 unspecified atom stereocenters. The molecule has 0 aromatic carbocycles. The van der Waals surface area contributed by atoms with Gasteiger partial charge >= 0.3 is 6.18 Å². The van der Waals surface area contributed by atoms with E-state index in [0.717, 1.165) is 37.9 Å². The summed E-state index contributed by atoms with van der Waals surface area (Å²) in [5, 5.41) is 12.2. The number of likely N-dealkylation sites (tertiary alicyclic amines) is 1. The molecule has 0 spiro atoms. The summed E-state index contributed by atoms with van der Waals surface area (Å²) in [7, 11) is 0. The molecule has 1 aliphatic carbocycles. The van der Waals surface area contributed by atoms with Crippen LogP contribution >= 0.6 is 0 Å². The molecule has 9 nitrogen and oxygen atoms in total. The molecule has 34 heavy (non-hydrogen) atoms. The van der Waals surface area contributed by atoms with Gasteiger partial charge in [-0.2, -0.15) is 13.2 Å². The first-order chi connectivity index (χ1) is 16.1. The molecule has 2 aliphatic rings. The van der Waals surface area contributed by atoms with Crippen molar-refractivity contribution in [2.45, 2.75) is 57.2 Å². The van der Waals surface area contributed by atoms with Crippen molar-refractivity contribution in [2.75, 3.05) is 13.1 Å². The van der Waals surface area contributed by atoms with Gasteiger partial charge in [0.25, 0.3) is 5.91 Å². The predicted octanol–water partition coefficient (Wildman–Crippen LogP) is 2.39. The van der Waals surface area contributed by atoms with Gasteiger partial charge in [-0.25, -0.2) is 5.06 Å². The lowest BCUT2D eigenvalue weighted by molar-refractivity contribution is -0.158. The van der Waals surface area contributed by atoms with Crippen LogP contribution in [0.3, 0.4) is 0 Å². The van der Waals surface area contributed by atoms with Crippen LogP contribution in [0.1, 0.15) is 61.0 Å². The molecule has 1 saturated carbocycles. The Balaban J connectivity index is 1.67. The molecule has 4 amide bonds. The number of halogens is 3. The number of carbonyl (C=O) groups is 4. The van der Waals surface area contributed by atoms with Gasteiger partial charge in [0.1, 0.15) is 11.7 Å². The minimum Gasteiger partial charge on any atom is -0.330 e. The van der Waals surface area contributed by atoms with Crippen LogP contribution in [0.2, 0.25) is 0 Å². The van der Waals surface area contributed by atoms with Crippen molar-refractivity contribution in [3.05, 3.63) is 29.6 Å². The van der Waals surface area contributed by atoms with Crippen molar-refractivity contribution in [2.24, 2.45) is 11.8 Å². The van der Waals surface area contributed by atoms with E-state index in [9.17, 15) is 37.6 Å².